The van der Waals surface area contributed by atoms with Crippen molar-refractivity contribution in [1.82, 2.24) is 15.5 Å². The molecule has 2 fully saturated rings. The molecule has 138 valence electrons. The molecule has 2 amide bonds. The van der Waals surface area contributed by atoms with Crippen molar-refractivity contribution in [1.29, 1.82) is 0 Å². The highest BCUT2D eigenvalue weighted by atomic mass is 32.2. The average Bonchev–Trinajstić information content (AvgIpc) is 2.91. The molecule has 1 atom stereocenters. The zero-order valence-corrected chi connectivity index (χ0v) is 14.7. The summed E-state index contributed by atoms with van der Waals surface area (Å²) in [5, 5.41) is 5.99. The van der Waals surface area contributed by atoms with E-state index >= 15 is 0 Å². The van der Waals surface area contributed by atoms with Gasteiger partial charge in [-0.25, -0.2) is 22.0 Å². The van der Waals surface area contributed by atoms with Crippen molar-refractivity contribution in [2.45, 2.75) is 36.2 Å². The molecule has 0 saturated carbocycles. The van der Waals surface area contributed by atoms with Gasteiger partial charge in [-0.05, 0) is 50.0 Å². The first-order valence-corrected chi connectivity index (χ1v) is 10.1. The highest BCUT2D eigenvalue weighted by Gasteiger charge is 2.37. The van der Waals surface area contributed by atoms with Gasteiger partial charge in [-0.3, -0.25) is 0 Å². The summed E-state index contributed by atoms with van der Waals surface area (Å²) in [5.41, 5.74) is 0.0744. The SMILES string of the molecule is CS(=O)(=O)c1cc(F)c(CC2CNC(=O)N2C2CCNCC2)cc1F. The molecule has 2 N–H and O–H groups in total. The fourth-order valence-electron chi connectivity index (χ4n) is 3.54. The molecule has 1 aromatic rings. The summed E-state index contributed by atoms with van der Waals surface area (Å²) in [6.45, 7) is 1.98. The first-order chi connectivity index (χ1) is 11.8. The zero-order chi connectivity index (χ0) is 18.2. The van der Waals surface area contributed by atoms with E-state index in [9.17, 15) is 22.0 Å². The van der Waals surface area contributed by atoms with Crippen LogP contribution in [0.5, 0.6) is 0 Å². The van der Waals surface area contributed by atoms with E-state index in [1.807, 2.05) is 0 Å². The first kappa shape index (κ1) is 18.1. The van der Waals surface area contributed by atoms with Gasteiger partial charge in [0, 0.05) is 18.8 Å². The van der Waals surface area contributed by atoms with Crippen molar-refractivity contribution < 1.29 is 22.0 Å². The summed E-state index contributed by atoms with van der Waals surface area (Å²) < 4.78 is 51.4. The molecule has 2 heterocycles. The van der Waals surface area contributed by atoms with Crippen LogP contribution in [0, 0.1) is 11.6 Å². The Hall–Kier alpha value is -1.74. The summed E-state index contributed by atoms with van der Waals surface area (Å²) in [4.78, 5) is 13.2. The third-order valence-electron chi connectivity index (χ3n) is 4.77. The Morgan fingerprint density at radius 3 is 2.52 bits per heavy atom. The lowest BCUT2D eigenvalue weighted by Crippen LogP contribution is -2.48. The number of urea groups is 1. The van der Waals surface area contributed by atoms with E-state index in [0.29, 0.717) is 6.54 Å². The largest absolute Gasteiger partial charge is 0.336 e. The molecule has 1 unspecified atom stereocenters. The summed E-state index contributed by atoms with van der Waals surface area (Å²) in [5.74, 6) is -1.74. The highest BCUT2D eigenvalue weighted by Crippen LogP contribution is 2.25. The van der Waals surface area contributed by atoms with E-state index in [1.165, 1.54) is 0 Å². The number of benzene rings is 1. The Morgan fingerprint density at radius 2 is 1.88 bits per heavy atom. The quantitative estimate of drug-likeness (QED) is 0.827. The fraction of sp³-hybridized carbons (Fsp3) is 0.562. The van der Waals surface area contributed by atoms with E-state index in [1.54, 1.807) is 4.90 Å². The Balaban J connectivity index is 1.83. The van der Waals surface area contributed by atoms with Crippen molar-refractivity contribution in [2.24, 2.45) is 0 Å². The van der Waals surface area contributed by atoms with Crippen molar-refractivity contribution in [3.05, 3.63) is 29.3 Å². The Bertz CT molecular complexity index is 779. The number of carbonyl (C=O) groups is 1. The van der Waals surface area contributed by atoms with Crippen LogP contribution in [0.25, 0.3) is 0 Å². The lowest BCUT2D eigenvalue weighted by molar-refractivity contribution is 0.156. The van der Waals surface area contributed by atoms with Crippen LogP contribution in [0.15, 0.2) is 17.0 Å². The number of hydrogen-bond acceptors (Lipinski definition) is 4. The summed E-state index contributed by atoms with van der Waals surface area (Å²) in [6, 6.07) is 1.24. The molecular weight excluding hydrogens is 352 g/mol. The standard InChI is InChI=1S/C16H21F2N3O3S/c1-25(23,24)15-8-13(17)10(7-14(15)18)6-12-9-20-16(22)21(12)11-2-4-19-5-3-11/h7-8,11-12,19H,2-6,9H2,1H3,(H,20,22). The third kappa shape index (κ3) is 3.77. The Labute approximate surface area is 145 Å². The number of carbonyl (C=O) groups excluding carboxylic acids is 1. The molecule has 25 heavy (non-hydrogen) atoms. The maximum absolute atomic E-state index is 14.3. The molecule has 0 spiro atoms. The van der Waals surface area contributed by atoms with Crippen LogP contribution in [0.4, 0.5) is 13.6 Å². The number of amides is 2. The molecule has 2 aliphatic heterocycles. The molecule has 0 bridgehead atoms. The monoisotopic (exact) mass is 373 g/mol. The molecule has 0 aliphatic carbocycles. The van der Waals surface area contributed by atoms with Gasteiger partial charge in [-0.2, -0.15) is 0 Å². The van der Waals surface area contributed by atoms with Gasteiger partial charge in [0.1, 0.15) is 16.5 Å². The second kappa shape index (κ2) is 6.87. The molecule has 9 heteroatoms. The minimum Gasteiger partial charge on any atom is -0.336 e. The number of piperidine rings is 1. The number of sulfone groups is 1. The average molecular weight is 373 g/mol. The predicted octanol–water partition coefficient (Wildman–Crippen LogP) is 1.06. The van der Waals surface area contributed by atoms with Gasteiger partial charge in [0.2, 0.25) is 0 Å². The number of halogens is 2. The molecule has 3 rings (SSSR count). The van der Waals surface area contributed by atoms with Gasteiger partial charge in [-0.1, -0.05) is 0 Å². The molecule has 6 nitrogen and oxygen atoms in total. The molecular formula is C16H21F2N3O3S. The van der Waals surface area contributed by atoms with Crippen LogP contribution in [-0.4, -0.2) is 57.3 Å². The lowest BCUT2D eigenvalue weighted by Gasteiger charge is -2.35. The number of hydrogen-bond donors (Lipinski definition) is 2. The fourth-order valence-corrected chi connectivity index (χ4v) is 4.27. The number of nitrogens with one attached hydrogen (secondary N) is 2. The van der Waals surface area contributed by atoms with Crippen molar-refractivity contribution in [3.63, 3.8) is 0 Å². The molecule has 2 aliphatic rings. The predicted molar refractivity (Wildman–Crippen MR) is 88.1 cm³/mol. The smallest absolute Gasteiger partial charge is 0.318 e. The first-order valence-electron chi connectivity index (χ1n) is 8.22. The summed E-state index contributed by atoms with van der Waals surface area (Å²) in [6.07, 6.45) is 2.60. The maximum atomic E-state index is 14.3. The van der Waals surface area contributed by atoms with E-state index in [-0.39, 0.29) is 30.1 Å². The van der Waals surface area contributed by atoms with Crippen LogP contribution in [0.2, 0.25) is 0 Å². The Morgan fingerprint density at radius 1 is 1.20 bits per heavy atom. The molecule has 0 aromatic heterocycles. The van der Waals surface area contributed by atoms with Gasteiger partial charge < -0.3 is 15.5 Å². The van der Waals surface area contributed by atoms with Crippen molar-refractivity contribution in [2.75, 3.05) is 25.9 Å². The van der Waals surface area contributed by atoms with Gasteiger partial charge >= 0.3 is 6.03 Å². The summed E-state index contributed by atoms with van der Waals surface area (Å²) >= 11 is 0. The van der Waals surface area contributed by atoms with Crippen LogP contribution in [0.3, 0.4) is 0 Å². The number of nitrogens with zero attached hydrogens (tertiary/aromatic N) is 1. The van der Waals surface area contributed by atoms with Crippen LogP contribution >= 0.6 is 0 Å². The minimum absolute atomic E-state index is 0.0666. The molecule has 0 radical (unpaired) electrons. The lowest BCUT2D eigenvalue weighted by atomic mass is 10.00. The third-order valence-corrected chi connectivity index (χ3v) is 5.89. The molecule has 1 aromatic carbocycles. The highest BCUT2D eigenvalue weighted by molar-refractivity contribution is 7.90. The van der Waals surface area contributed by atoms with Gasteiger partial charge in [0.15, 0.2) is 9.84 Å². The van der Waals surface area contributed by atoms with Gasteiger partial charge in [0.25, 0.3) is 0 Å². The van der Waals surface area contributed by atoms with Crippen molar-refractivity contribution >= 4 is 15.9 Å². The van der Waals surface area contributed by atoms with E-state index in [4.69, 9.17) is 0 Å². The van der Waals surface area contributed by atoms with Crippen LogP contribution in [-0.2, 0) is 16.3 Å². The van der Waals surface area contributed by atoms with E-state index in [2.05, 4.69) is 10.6 Å². The van der Waals surface area contributed by atoms with Crippen molar-refractivity contribution in [3.8, 4) is 0 Å². The second-order valence-electron chi connectivity index (χ2n) is 6.58. The van der Waals surface area contributed by atoms with Gasteiger partial charge in [-0.15, -0.1) is 0 Å². The van der Waals surface area contributed by atoms with Gasteiger partial charge in [0.05, 0.1) is 6.04 Å². The zero-order valence-electron chi connectivity index (χ0n) is 13.9. The number of rotatable bonds is 4. The molecule has 2 saturated heterocycles. The van der Waals surface area contributed by atoms with E-state index in [0.717, 1.165) is 44.3 Å². The Kier molecular flexibility index (Phi) is 4.97. The normalized spacial score (nSPS) is 22.3. The summed E-state index contributed by atoms with van der Waals surface area (Å²) in [7, 11) is -3.84. The van der Waals surface area contributed by atoms with Crippen LogP contribution < -0.4 is 10.6 Å². The maximum Gasteiger partial charge on any atom is 0.318 e. The topological polar surface area (TPSA) is 78.5 Å². The van der Waals surface area contributed by atoms with Crippen LogP contribution in [0.1, 0.15) is 18.4 Å². The second-order valence-corrected chi connectivity index (χ2v) is 8.56. The minimum atomic E-state index is -3.84. The van der Waals surface area contributed by atoms with E-state index < -0.39 is 26.4 Å².